The fourth-order valence-electron chi connectivity index (χ4n) is 2.29. The standard InChI is InChI=1S/C16H23N3O/c1-13-11-14(2)19(18-13)10-6-9-17-12-16(20)15-7-4-3-5-8-15/h3-5,7-8,11,16-17,20H,6,9-10,12H2,1-2H3/t16-/m0/s1. The molecule has 0 aliphatic rings. The predicted molar refractivity (Wildman–Crippen MR) is 80.6 cm³/mol. The van der Waals surface area contributed by atoms with Crippen LogP contribution in [0.2, 0.25) is 0 Å². The largest absolute Gasteiger partial charge is 0.387 e. The van der Waals surface area contributed by atoms with Crippen LogP contribution in [-0.4, -0.2) is 28.0 Å². The molecule has 0 amide bonds. The van der Waals surface area contributed by atoms with E-state index in [0.717, 1.165) is 30.8 Å². The lowest BCUT2D eigenvalue weighted by atomic mass is 10.1. The number of aliphatic hydroxyl groups excluding tert-OH is 1. The summed E-state index contributed by atoms with van der Waals surface area (Å²) in [5.74, 6) is 0. The fourth-order valence-corrected chi connectivity index (χ4v) is 2.29. The summed E-state index contributed by atoms with van der Waals surface area (Å²) in [5.41, 5.74) is 3.22. The number of nitrogens with zero attached hydrogens (tertiary/aromatic N) is 2. The maximum Gasteiger partial charge on any atom is 0.0914 e. The molecule has 0 radical (unpaired) electrons. The first-order valence-electron chi connectivity index (χ1n) is 7.11. The van der Waals surface area contributed by atoms with Crippen molar-refractivity contribution in [1.82, 2.24) is 15.1 Å². The van der Waals surface area contributed by atoms with E-state index in [-0.39, 0.29) is 0 Å². The van der Waals surface area contributed by atoms with Gasteiger partial charge in [-0.25, -0.2) is 0 Å². The van der Waals surface area contributed by atoms with Gasteiger partial charge < -0.3 is 10.4 Å². The van der Waals surface area contributed by atoms with Crippen LogP contribution in [0.1, 0.15) is 29.5 Å². The number of hydrogen-bond donors (Lipinski definition) is 2. The molecule has 4 heteroatoms. The van der Waals surface area contributed by atoms with Crippen molar-refractivity contribution in [2.45, 2.75) is 32.9 Å². The normalized spacial score (nSPS) is 12.6. The summed E-state index contributed by atoms with van der Waals surface area (Å²) in [6.07, 6.45) is 0.564. The van der Waals surface area contributed by atoms with E-state index in [4.69, 9.17) is 0 Å². The molecule has 1 aromatic heterocycles. The van der Waals surface area contributed by atoms with Crippen molar-refractivity contribution in [2.75, 3.05) is 13.1 Å². The molecule has 1 aromatic carbocycles. The van der Waals surface area contributed by atoms with E-state index in [9.17, 15) is 5.11 Å². The van der Waals surface area contributed by atoms with E-state index in [2.05, 4.69) is 23.4 Å². The summed E-state index contributed by atoms with van der Waals surface area (Å²) in [7, 11) is 0. The highest BCUT2D eigenvalue weighted by Crippen LogP contribution is 2.10. The highest BCUT2D eigenvalue weighted by Gasteiger charge is 2.05. The topological polar surface area (TPSA) is 50.1 Å². The SMILES string of the molecule is Cc1cc(C)n(CCCNC[C@H](O)c2ccccc2)n1. The minimum atomic E-state index is -0.440. The van der Waals surface area contributed by atoms with E-state index >= 15 is 0 Å². The summed E-state index contributed by atoms with van der Waals surface area (Å²) >= 11 is 0. The number of aliphatic hydroxyl groups is 1. The average Bonchev–Trinajstić information content (AvgIpc) is 2.77. The molecule has 4 nitrogen and oxygen atoms in total. The number of rotatable bonds is 7. The van der Waals surface area contributed by atoms with Crippen LogP contribution in [0.15, 0.2) is 36.4 Å². The number of benzene rings is 1. The fraction of sp³-hybridized carbons (Fsp3) is 0.438. The Morgan fingerprint density at radius 1 is 1.25 bits per heavy atom. The lowest BCUT2D eigenvalue weighted by Crippen LogP contribution is -2.23. The van der Waals surface area contributed by atoms with Gasteiger partial charge in [-0.1, -0.05) is 30.3 Å². The van der Waals surface area contributed by atoms with Crippen molar-refractivity contribution in [2.24, 2.45) is 0 Å². The smallest absolute Gasteiger partial charge is 0.0914 e. The summed E-state index contributed by atoms with van der Waals surface area (Å²) < 4.78 is 2.03. The molecule has 0 aliphatic heterocycles. The molecule has 1 atom stereocenters. The van der Waals surface area contributed by atoms with Crippen LogP contribution >= 0.6 is 0 Å². The molecule has 0 saturated carbocycles. The number of nitrogens with one attached hydrogen (secondary N) is 1. The third-order valence-electron chi connectivity index (χ3n) is 3.35. The molecule has 0 bridgehead atoms. The molecule has 0 unspecified atom stereocenters. The molecular weight excluding hydrogens is 250 g/mol. The molecule has 1 heterocycles. The molecule has 2 aromatic rings. The zero-order valence-corrected chi connectivity index (χ0v) is 12.2. The third-order valence-corrected chi connectivity index (χ3v) is 3.35. The first kappa shape index (κ1) is 14.8. The van der Waals surface area contributed by atoms with Gasteiger partial charge in [0.1, 0.15) is 0 Å². The first-order valence-corrected chi connectivity index (χ1v) is 7.11. The Hall–Kier alpha value is -1.65. The summed E-state index contributed by atoms with van der Waals surface area (Å²) in [5, 5.41) is 17.7. The van der Waals surface area contributed by atoms with Crippen LogP contribution in [0.5, 0.6) is 0 Å². The highest BCUT2D eigenvalue weighted by molar-refractivity contribution is 5.17. The van der Waals surface area contributed by atoms with Gasteiger partial charge in [-0.2, -0.15) is 5.10 Å². The van der Waals surface area contributed by atoms with Crippen molar-refractivity contribution in [1.29, 1.82) is 0 Å². The van der Waals surface area contributed by atoms with E-state index in [1.807, 2.05) is 41.9 Å². The lowest BCUT2D eigenvalue weighted by molar-refractivity contribution is 0.174. The maximum absolute atomic E-state index is 10.0. The molecule has 0 fully saturated rings. The summed E-state index contributed by atoms with van der Waals surface area (Å²) in [4.78, 5) is 0. The van der Waals surface area contributed by atoms with E-state index < -0.39 is 6.10 Å². The van der Waals surface area contributed by atoms with Crippen LogP contribution in [0.4, 0.5) is 0 Å². The van der Waals surface area contributed by atoms with Gasteiger partial charge in [-0.3, -0.25) is 4.68 Å². The Balaban J connectivity index is 1.66. The van der Waals surface area contributed by atoms with E-state index in [0.29, 0.717) is 6.54 Å². The van der Waals surface area contributed by atoms with Gasteiger partial charge >= 0.3 is 0 Å². The Morgan fingerprint density at radius 3 is 2.65 bits per heavy atom. The van der Waals surface area contributed by atoms with E-state index in [1.54, 1.807) is 0 Å². The second-order valence-corrected chi connectivity index (χ2v) is 5.13. The third kappa shape index (κ3) is 4.18. The molecular formula is C16H23N3O. The average molecular weight is 273 g/mol. The molecule has 0 aliphatic carbocycles. The van der Waals surface area contributed by atoms with Gasteiger partial charge in [-0.15, -0.1) is 0 Å². The Kier molecular flexibility index (Phi) is 5.32. The second-order valence-electron chi connectivity index (χ2n) is 5.13. The second kappa shape index (κ2) is 7.22. The molecule has 2 rings (SSSR count). The number of hydrogen-bond acceptors (Lipinski definition) is 3. The Bertz CT molecular complexity index is 522. The minimum absolute atomic E-state index is 0.440. The van der Waals surface area contributed by atoms with Gasteiger partial charge in [0.25, 0.3) is 0 Å². The summed E-state index contributed by atoms with van der Waals surface area (Å²) in [6.45, 7) is 6.46. The molecule has 0 saturated heterocycles. The van der Waals surface area contributed by atoms with Crippen LogP contribution < -0.4 is 5.32 Å². The van der Waals surface area contributed by atoms with Crippen molar-refractivity contribution < 1.29 is 5.11 Å². The summed E-state index contributed by atoms with van der Waals surface area (Å²) in [6, 6.07) is 11.8. The zero-order chi connectivity index (χ0) is 14.4. The lowest BCUT2D eigenvalue weighted by Gasteiger charge is -2.12. The number of aromatic nitrogens is 2. The Labute approximate surface area is 120 Å². The van der Waals surface area contributed by atoms with Crippen molar-refractivity contribution >= 4 is 0 Å². The molecule has 108 valence electrons. The van der Waals surface area contributed by atoms with Crippen molar-refractivity contribution in [3.05, 3.63) is 53.3 Å². The van der Waals surface area contributed by atoms with Crippen LogP contribution in [0, 0.1) is 13.8 Å². The Morgan fingerprint density at radius 2 is 2.00 bits per heavy atom. The molecule has 0 spiro atoms. The van der Waals surface area contributed by atoms with Gasteiger partial charge in [0.15, 0.2) is 0 Å². The number of aryl methyl sites for hydroxylation is 3. The minimum Gasteiger partial charge on any atom is -0.387 e. The highest BCUT2D eigenvalue weighted by atomic mass is 16.3. The van der Waals surface area contributed by atoms with Crippen molar-refractivity contribution in [3.63, 3.8) is 0 Å². The van der Waals surface area contributed by atoms with Crippen LogP contribution in [0.25, 0.3) is 0 Å². The van der Waals surface area contributed by atoms with Gasteiger partial charge in [0.05, 0.1) is 11.8 Å². The van der Waals surface area contributed by atoms with Gasteiger partial charge in [-0.05, 0) is 38.4 Å². The first-order chi connectivity index (χ1) is 9.66. The van der Waals surface area contributed by atoms with Crippen molar-refractivity contribution in [3.8, 4) is 0 Å². The monoisotopic (exact) mass is 273 g/mol. The predicted octanol–water partition coefficient (Wildman–Crippen LogP) is 2.21. The molecule has 20 heavy (non-hydrogen) atoms. The van der Waals surface area contributed by atoms with Crippen LogP contribution in [0.3, 0.4) is 0 Å². The maximum atomic E-state index is 10.0. The van der Waals surface area contributed by atoms with Crippen LogP contribution in [-0.2, 0) is 6.54 Å². The zero-order valence-electron chi connectivity index (χ0n) is 12.2. The van der Waals surface area contributed by atoms with Gasteiger partial charge in [0, 0.05) is 18.8 Å². The van der Waals surface area contributed by atoms with E-state index in [1.165, 1.54) is 5.69 Å². The molecule has 2 N–H and O–H groups in total. The van der Waals surface area contributed by atoms with Gasteiger partial charge in [0.2, 0.25) is 0 Å². The quantitative estimate of drug-likeness (QED) is 0.761.